The van der Waals surface area contributed by atoms with Gasteiger partial charge in [0.25, 0.3) is 0 Å². The SMILES string of the molecule is C=C(C)CN(C)CC.CC.CCN(C)CC(=O)O.CCN(C)CC(=O)OCOC(=O)CN(C)CC. The average molecular weight is 507 g/mol. The van der Waals surface area contributed by atoms with Crippen LogP contribution in [0.15, 0.2) is 12.2 Å². The third-order valence-corrected chi connectivity index (χ3v) is 4.34. The maximum atomic E-state index is 11.2. The summed E-state index contributed by atoms with van der Waals surface area (Å²) in [5.74, 6) is -1.56. The van der Waals surface area contributed by atoms with E-state index in [0.717, 1.165) is 32.7 Å². The number of carbonyl (C=O) groups excluding carboxylic acids is 2. The molecule has 0 atom stereocenters. The van der Waals surface area contributed by atoms with Gasteiger partial charge in [-0.05, 0) is 61.3 Å². The van der Waals surface area contributed by atoms with E-state index < -0.39 is 17.9 Å². The van der Waals surface area contributed by atoms with Gasteiger partial charge in [-0.15, -0.1) is 0 Å². The molecule has 0 saturated heterocycles. The first kappa shape index (κ1) is 40.2. The Balaban J connectivity index is -0.000000223. The van der Waals surface area contributed by atoms with Crippen LogP contribution in [0, 0.1) is 0 Å². The highest BCUT2D eigenvalue weighted by atomic mass is 16.7. The Kier molecular flexibility index (Phi) is 32.4. The summed E-state index contributed by atoms with van der Waals surface area (Å²) in [7, 11) is 7.48. The quantitative estimate of drug-likeness (QED) is 0.215. The predicted molar refractivity (Wildman–Crippen MR) is 144 cm³/mol. The number of carboxylic acids is 1. The minimum atomic E-state index is -0.769. The summed E-state index contributed by atoms with van der Waals surface area (Å²) in [6.07, 6.45) is 0. The van der Waals surface area contributed by atoms with Crippen LogP contribution in [0.3, 0.4) is 0 Å². The van der Waals surface area contributed by atoms with Crippen molar-refractivity contribution in [1.29, 1.82) is 0 Å². The van der Waals surface area contributed by atoms with Crippen molar-refractivity contribution in [3.8, 4) is 0 Å². The van der Waals surface area contributed by atoms with Gasteiger partial charge in [-0.25, -0.2) is 0 Å². The second-order valence-corrected chi connectivity index (χ2v) is 7.82. The second-order valence-electron chi connectivity index (χ2n) is 7.82. The van der Waals surface area contributed by atoms with Gasteiger partial charge < -0.3 is 19.5 Å². The van der Waals surface area contributed by atoms with Crippen LogP contribution in [-0.4, -0.2) is 130 Å². The Morgan fingerprint density at radius 2 is 0.943 bits per heavy atom. The molecular weight excluding hydrogens is 452 g/mol. The molecule has 0 amide bonds. The third-order valence-electron chi connectivity index (χ3n) is 4.34. The first-order chi connectivity index (χ1) is 16.3. The molecular formula is C25H54N4O6. The average Bonchev–Trinajstić information content (AvgIpc) is 2.79. The van der Waals surface area contributed by atoms with Crippen LogP contribution < -0.4 is 0 Å². The lowest BCUT2D eigenvalue weighted by Gasteiger charge is -2.14. The molecule has 0 aliphatic carbocycles. The van der Waals surface area contributed by atoms with Gasteiger partial charge in [-0.3, -0.25) is 29.1 Å². The fourth-order valence-corrected chi connectivity index (χ4v) is 1.83. The van der Waals surface area contributed by atoms with Crippen LogP contribution in [0.2, 0.25) is 0 Å². The Bertz CT molecular complexity index is 500. The van der Waals surface area contributed by atoms with Crippen LogP contribution >= 0.6 is 0 Å². The Hall–Kier alpha value is -2.01. The molecule has 35 heavy (non-hydrogen) atoms. The molecule has 0 aliphatic rings. The molecule has 10 nitrogen and oxygen atoms in total. The number of esters is 2. The van der Waals surface area contributed by atoms with Gasteiger partial charge in [-0.2, -0.15) is 0 Å². The smallest absolute Gasteiger partial charge is 0.323 e. The molecule has 0 heterocycles. The van der Waals surface area contributed by atoms with Gasteiger partial charge >= 0.3 is 17.9 Å². The van der Waals surface area contributed by atoms with Crippen LogP contribution in [0.5, 0.6) is 0 Å². The molecule has 0 fully saturated rings. The Morgan fingerprint density at radius 3 is 1.14 bits per heavy atom. The van der Waals surface area contributed by atoms with Gasteiger partial charge in [0.05, 0.1) is 19.6 Å². The summed E-state index contributed by atoms with van der Waals surface area (Å²) in [4.78, 5) is 39.9. The number of likely N-dealkylation sites (N-methyl/N-ethyl adjacent to an activating group) is 4. The van der Waals surface area contributed by atoms with Crippen LogP contribution in [-0.2, 0) is 23.9 Å². The maximum Gasteiger partial charge on any atom is 0.323 e. The van der Waals surface area contributed by atoms with Gasteiger partial charge in [0.1, 0.15) is 0 Å². The standard InChI is InChI=1S/C11H22N2O4.C7H15N.C5H11NO2.C2H6/c1-5-12(3)7-10(14)16-9-17-11(15)8-13(4)6-2;1-5-8(4)6-7(2)3;1-3-6(2)4-5(7)8;1-2/h5-9H2,1-4H3;2,5-6H2,1,3-4H3;3-4H2,1-2H3,(H,7,8);1-2H3. The van der Waals surface area contributed by atoms with Crippen molar-refractivity contribution >= 4 is 17.9 Å². The Labute approximate surface area is 214 Å². The summed E-state index contributed by atoms with van der Waals surface area (Å²) in [6, 6.07) is 0. The van der Waals surface area contributed by atoms with E-state index in [1.165, 1.54) is 5.57 Å². The number of aliphatic carboxylic acids is 1. The minimum absolute atomic E-state index is 0.135. The van der Waals surface area contributed by atoms with Gasteiger partial charge in [0.15, 0.2) is 0 Å². The molecule has 0 aromatic rings. The Morgan fingerprint density at radius 1 is 0.657 bits per heavy atom. The summed E-state index contributed by atoms with van der Waals surface area (Å²) < 4.78 is 9.52. The molecule has 0 bridgehead atoms. The molecule has 1 N–H and O–H groups in total. The second kappa shape index (κ2) is 28.2. The number of nitrogens with zero attached hydrogens (tertiary/aromatic N) is 4. The van der Waals surface area contributed by atoms with Crippen molar-refractivity contribution in [3.05, 3.63) is 12.2 Å². The third kappa shape index (κ3) is 36.7. The van der Waals surface area contributed by atoms with Gasteiger partial charge in [0.2, 0.25) is 6.79 Å². The molecule has 0 unspecified atom stereocenters. The molecule has 0 spiro atoms. The van der Waals surface area contributed by atoms with E-state index >= 15 is 0 Å². The van der Waals surface area contributed by atoms with Crippen molar-refractivity contribution in [1.82, 2.24) is 19.6 Å². The van der Waals surface area contributed by atoms with E-state index in [1.807, 2.05) is 55.6 Å². The van der Waals surface area contributed by atoms with Crippen molar-refractivity contribution in [2.75, 3.05) is 87.3 Å². The van der Waals surface area contributed by atoms with Crippen molar-refractivity contribution in [2.45, 2.75) is 48.5 Å². The number of hydrogen-bond donors (Lipinski definition) is 1. The van der Waals surface area contributed by atoms with Crippen LogP contribution in [0.1, 0.15) is 48.5 Å². The monoisotopic (exact) mass is 506 g/mol. The number of carbonyl (C=O) groups is 3. The largest absolute Gasteiger partial charge is 0.480 e. The number of ether oxygens (including phenoxy) is 2. The molecule has 0 rings (SSSR count). The summed E-state index contributed by atoms with van der Waals surface area (Å²) >= 11 is 0. The zero-order valence-corrected chi connectivity index (χ0v) is 24.3. The zero-order chi connectivity index (χ0) is 28.4. The van der Waals surface area contributed by atoms with Crippen molar-refractivity contribution < 1.29 is 29.0 Å². The molecule has 210 valence electrons. The minimum Gasteiger partial charge on any atom is -0.480 e. The molecule has 0 aliphatic heterocycles. The van der Waals surface area contributed by atoms with E-state index in [0.29, 0.717) is 0 Å². The number of rotatable bonds is 14. The van der Waals surface area contributed by atoms with Crippen LogP contribution in [0.25, 0.3) is 0 Å². The zero-order valence-electron chi connectivity index (χ0n) is 24.3. The van der Waals surface area contributed by atoms with Crippen LogP contribution in [0.4, 0.5) is 0 Å². The highest BCUT2D eigenvalue weighted by Crippen LogP contribution is 1.90. The number of hydrogen-bond acceptors (Lipinski definition) is 9. The molecule has 0 aromatic carbocycles. The first-order valence-corrected chi connectivity index (χ1v) is 12.2. The summed E-state index contributed by atoms with van der Waals surface area (Å²) in [5, 5.41) is 8.17. The molecule has 0 aromatic heterocycles. The van der Waals surface area contributed by atoms with Crippen molar-refractivity contribution in [3.63, 3.8) is 0 Å². The lowest BCUT2D eigenvalue weighted by molar-refractivity contribution is -0.168. The first-order valence-electron chi connectivity index (χ1n) is 12.2. The van der Waals surface area contributed by atoms with Gasteiger partial charge in [-0.1, -0.05) is 53.7 Å². The van der Waals surface area contributed by atoms with Gasteiger partial charge in [0, 0.05) is 6.54 Å². The highest BCUT2D eigenvalue weighted by Gasteiger charge is 2.09. The summed E-state index contributed by atoms with van der Waals surface area (Å²) in [5.41, 5.74) is 1.23. The predicted octanol–water partition coefficient (Wildman–Crippen LogP) is 2.50. The van der Waals surface area contributed by atoms with Crippen molar-refractivity contribution in [2.24, 2.45) is 0 Å². The lowest BCUT2D eigenvalue weighted by Crippen LogP contribution is -2.30. The highest BCUT2D eigenvalue weighted by molar-refractivity contribution is 5.73. The van der Waals surface area contributed by atoms with E-state index in [1.54, 1.807) is 21.7 Å². The van der Waals surface area contributed by atoms with E-state index in [2.05, 4.69) is 25.5 Å². The van der Waals surface area contributed by atoms with E-state index in [9.17, 15) is 14.4 Å². The van der Waals surface area contributed by atoms with E-state index in [4.69, 9.17) is 14.6 Å². The lowest BCUT2D eigenvalue weighted by atomic mass is 10.3. The maximum absolute atomic E-state index is 11.2. The molecule has 10 heteroatoms. The topological polar surface area (TPSA) is 103 Å². The fraction of sp³-hybridized carbons (Fsp3) is 0.800. The normalized spacial score (nSPS) is 9.91. The molecule has 0 radical (unpaired) electrons. The fourth-order valence-electron chi connectivity index (χ4n) is 1.83. The van der Waals surface area contributed by atoms with E-state index in [-0.39, 0.29) is 26.4 Å². The summed E-state index contributed by atoms with van der Waals surface area (Å²) in [6.45, 7) is 22.4. The molecule has 0 saturated carbocycles. The number of carboxylic acid groups (broad SMARTS) is 1.